The summed E-state index contributed by atoms with van der Waals surface area (Å²) >= 11 is 1.81. The van der Waals surface area contributed by atoms with Gasteiger partial charge in [0.1, 0.15) is 11.2 Å². The third kappa shape index (κ3) is 4.88. The molecule has 0 unspecified atom stereocenters. The van der Waals surface area contributed by atoms with E-state index < -0.39 is 0 Å². The van der Waals surface area contributed by atoms with Crippen molar-refractivity contribution in [3.05, 3.63) is 176 Å². The first-order valence-corrected chi connectivity index (χ1v) is 19.6. The smallest absolute Gasteiger partial charge is 0.165 e. The van der Waals surface area contributed by atoms with Crippen LogP contribution < -0.4 is 0 Å². The summed E-state index contributed by atoms with van der Waals surface area (Å²) in [6, 6.07) is 62.1. The van der Waals surface area contributed by atoms with Crippen LogP contribution in [0.4, 0.5) is 0 Å². The largest absolute Gasteiger partial charge is 0.456 e. The van der Waals surface area contributed by atoms with Gasteiger partial charge in [-0.25, -0.2) is 15.0 Å². The number of rotatable bonds is 4. The van der Waals surface area contributed by atoms with Crippen LogP contribution in [0.25, 0.3) is 120 Å². The van der Waals surface area contributed by atoms with Crippen molar-refractivity contribution in [1.82, 2.24) is 15.0 Å². The first-order valence-electron chi connectivity index (χ1n) is 18.8. The zero-order chi connectivity index (χ0) is 36.7. The monoisotopic (exact) mass is 731 g/mol. The van der Waals surface area contributed by atoms with Crippen LogP contribution in [-0.2, 0) is 0 Å². The summed E-state index contributed by atoms with van der Waals surface area (Å²) in [4.78, 5) is 15.8. The molecule has 0 aliphatic carbocycles. The van der Waals surface area contributed by atoms with Crippen LogP contribution in [0.2, 0.25) is 0 Å². The molecule has 0 aliphatic heterocycles. The Morgan fingerprint density at radius 1 is 0.357 bits per heavy atom. The Morgan fingerprint density at radius 3 is 1.86 bits per heavy atom. The maximum Gasteiger partial charge on any atom is 0.165 e. The van der Waals surface area contributed by atoms with Crippen molar-refractivity contribution in [2.75, 3.05) is 0 Å². The minimum atomic E-state index is 0.647. The molecule has 5 heteroatoms. The Balaban J connectivity index is 1.12. The molecule has 0 bridgehead atoms. The van der Waals surface area contributed by atoms with Gasteiger partial charge >= 0.3 is 0 Å². The van der Waals surface area contributed by atoms with E-state index in [4.69, 9.17) is 19.4 Å². The van der Waals surface area contributed by atoms with E-state index in [0.717, 1.165) is 76.7 Å². The van der Waals surface area contributed by atoms with Gasteiger partial charge in [-0.2, -0.15) is 0 Å². The lowest BCUT2D eigenvalue weighted by molar-refractivity contribution is 0.669. The molecule has 12 aromatic rings. The van der Waals surface area contributed by atoms with E-state index in [-0.39, 0.29) is 0 Å². The van der Waals surface area contributed by atoms with Gasteiger partial charge in [0.15, 0.2) is 17.5 Å². The molecule has 56 heavy (non-hydrogen) atoms. The third-order valence-corrected chi connectivity index (χ3v) is 12.2. The van der Waals surface area contributed by atoms with Gasteiger partial charge in [-0.1, -0.05) is 133 Å². The fourth-order valence-electron chi connectivity index (χ4n) is 8.40. The lowest BCUT2D eigenvalue weighted by Gasteiger charge is -2.13. The zero-order valence-electron chi connectivity index (χ0n) is 29.9. The van der Waals surface area contributed by atoms with Gasteiger partial charge in [0, 0.05) is 47.6 Å². The van der Waals surface area contributed by atoms with Gasteiger partial charge in [-0.15, -0.1) is 11.3 Å². The number of hydrogen-bond acceptors (Lipinski definition) is 5. The second kappa shape index (κ2) is 12.2. The molecular weight excluding hydrogens is 703 g/mol. The fraction of sp³-hybridized carbons (Fsp3) is 0. The van der Waals surface area contributed by atoms with Crippen molar-refractivity contribution in [3.8, 4) is 45.3 Å². The van der Waals surface area contributed by atoms with Crippen LogP contribution in [0.1, 0.15) is 0 Å². The number of hydrogen-bond donors (Lipinski definition) is 0. The van der Waals surface area contributed by atoms with Gasteiger partial charge in [-0.05, 0) is 85.9 Å². The summed E-state index contributed by atoms with van der Waals surface area (Å²) in [5.74, 6) is 1.96. The Labute approximate surface area is 325 Å². The topological polar surface area (TPSA) is 51.8 Å². The molecule has 0 saturated carbocycles. The Bertz CT molecular complexity index is 3540. The highest BCUT2D eigenvalue weighted by atomic mass is 32.1. The summed E-state index contributed by atoms with van der Waals surface area (Å²) in [7, 11) is 0. The van der Waals surface area contributed by atoms with E-state index in [1.54, 1.807) is 0 Å². The third-order valence-electron chi connectivity index (χ3n) is 11.1. The lowest BCUT2D eigenvalue weighted by Crippen LogP contribution is -2.01. The number of thiophene rings is 1. The molecule has 3 aromatic heterocycles. The van der Waals surface area contributed by atoms with Gasteiger partial charge in [0.25, 0.3) is 0 Å². The molecule has 0 atom stereocenters. The van der Waals surface area contributed by atoms with Crippen molar-refractivity contribution >= 4 is 85.8 Å². The molecule has 3 heterocycles. The first kappa shape index (κ1) is 31.2. The Morgan fingerprint density at radius 2 is 1.00 bits per heavy atom. The lowest BCUT2D eigenvalue weighted by atomic mass is 9.95. The highest BCUT2D eigenvalue weighted by molar-refractivity contribution is 7.26. The minimum Gasteiger partial charge on any atom is -0.456 e. The molecule has 0 spiro atoms. The number of benzene rings is 9. The summed E-state index contributed by atoms with van der Waals surface area (Å²) in [5.41, 5.74) is 7.02. The molecule has 260 valence electrons. The van der Waals surface area contributed by atoms with Crippen LogP contribution in [-0.4, -0.2) is 15.0 Å². The normalized spacial score (nSPS) is 11.9. The zero-order valence-corrected chi connectivity index (χ0v) is 30.7. The quantitative estimate of drug-likeness (QED) is 0.181. The number of aromatic nitrogens is 3. The van der Waals surface area contributed by atoms with Gasteiger partial charge < -0.3 is 4.42 Å². The van der Waals surface area contributed by atoms with Crippen LogP contribution in [0.3, 0.4) is 0 Å². The number of nitrogens with zero attached hydrogens (tertiary/aromatic N) is 3. The Hall–Kier alpha value is -7.21. The fourth-order valence-corrected chi connectivity index (χ4v) is 9.54. The predicted octanol–water partition coefficient (Wildman–Crippen LogP) is 14.3. The summed E-state index contributed by atoms with van der Waals surface area (Å²) in [6.07, 6.45) is 0. The average Bonchev–Trinajstić information content (AvgIpc) is 3.81. The van der Waals surface area contributed by atoms with Crippen molar-refractivity contribution in [2.45, 2.75) is 0 Å². The first-order chi connectivity index (χ1) is 27.7. The minimum absolute atomic E-state index is 0.647. The molecule has 12 rings (SSSR count). The summed E-state index contributed by atoms with van der Waals surface area (Å²) in [5, 5.41) is 11.5. The number of fused-ring (bicyclic) bond motifs is 9. The average molecular weight is 732 g/mol. The van der Waals surface area contributed by atoms with Gasteiger partial charge in [0.2, 0.25) is 0 Å². The van der Waals surface area contributed by atoms with E-state index >= 15 is 0 Å². The summed E-state index contributed by atoms with van der Waals surface area (Å²) < 4.78 is 8.77. The molecule has 0 radical (unpaired) electrons. The summed E-state index contributed by atoms with van der Waals surface area (Å²) in [6.45, 7) is 0. The molecular formula is C51H29N3OS. The molecule has 0 fully saturated rings. The SMILES string of the molecule is c1ccc(-c2nc(-c3cccc4ccccc34)nc(-c3c4ccccc4cc4sc5ccc(-c6ccc7oc8cc9ccccc9cc8c7c6)cc5c34)n2)cc1. The maximum absolute atomic E-state index is 6.36. The second-order valence-corrected chi connectivity index (χ2v) is 15.5. The predicted molar refractivity (Wildman–Crippen MR) is 234 cm³/mol. The molecule has 0 amide bonds. The molecule has 0 aliphatic rings. The maximum atomic E-state index is 6.36. The van der Waals surface area contributed by atoms with Crippen molar-refractivity contribution in [1.29, 1.82) is 0 Å². The van der Waals surface area contributed by atoms with Crippen LogP contribution in [0.15, 0.2) is 180 Å². The van der Waals surface area contributed by atoms with Crippen LogP contribution in [0, 0.1) is 0 Å². The molecule has 9 aromatic carbocycles. The van der Waals surface area contributed by atoms with Gasteiger partial charge in [0.05, 0.1) is 0 Å². The van der Waals surface area contributed by atoms with Crippen molar-refractivity contribution < 1.29 is 4.42 Å². The van der Waals surface area contributed by atoms with Crippen molar-refractivity contribution in [3.63, 3.8) is 0 Å². The molecule has 4 nitrogen and oxygen atoms in total. The molecule has 0 saturated heterocycles. The Kier molecular flexibility index (Phi) is 6.76. The second-order valence-electron chi connectivity index (χ2n) is 14.4. The standard InChI is InChI=1S/C51H29N3OS/c1-2-12-31(13-3-1)49-52-50(39-20-10-17-30-11-6-8-18-37(30)39)54-51(53-49)48-38-19-9-7-16-36(38)29-46-47(48)42-27-35(22-24-45(42)56-46)34-21-23-43-40(26-34)41-25-32-14-4-5-15-33(32)28-44(41)55-43/h1-29H. The van der Waals surface area contributed by atoms with E-state index in [9.17, 15) is 0 Å². The van der Waals surface area contributed by atoms with E-state index in [2.05, 4.69) is 158 Å². The van der Waals surface area contributed by atoms with E-state index in [1.807, 2.05) is 29.5 Å². The highest BCUT2D eigenvalue weighted by Gasteiger charge is 2.21. The highest BCUT2D eigenvalue weighted by Crippen LogP contribution is 2.45. The van der Waals surface area contributed by atoms with Crippen molar-refractivity contribution in [2.24, 2.45) is 0 Å². The van der Waals surface area contributed by atoms with Crippen LogP contribution >= 0.6 is 11.3 Å². The van der Waals surface area contributed by atoms with Crippen LogP contribution in [0.5, 0.6) is 0 Å². The van der Waals surface area contributed by atoms with E-state index in [1.165, 1.54) is 25.6 Å². The molecule has 0 N–H and O–H groups in total. The van der Waals surface area contributed by atoms with Gasteiger partial charge in [-0.3, -0.25) is 0 Å². The number of furan rings is 1. The van der Waals surface area contributed by atoms with E-state index in [0.29, 0.717) is 17.5 Å².